The minimum atomic E-state index is -0.770. The molecule has 1 atom stereocenters. The summed E-state index contributed by atoms with van der Waals surface area (Å²) in [6.07, 6.45) is 55.9. The van der Waals surface area contributed by atoms with Crippen LogP contribution in [-0.2, 0) is 28.6 Å². The lowest BCUT2D eigenvalue weighted by Crippen LogP contribution is -2.30. The van der Waals surface area contributed by atoms with Crippen LogP contribution in [-0.4, -0.2) is 37.2 Å². The standard InChI is InChI=1S/C54H100O6/c1-4-7-10-13-16-19-22-25-26-27-28-30-32-35-38-41-44-47-53(56)59-50-51(49-58-52(55)46-43-40-37-34-31-24-21-18-15-12-9-6-3)60-54(57)48-45-42-39-36-33-29-23-20-17-14-11-8-5-2/h9,12,18,21,51H,4-8,10-11,13-17,19-20,22-50H2,1-3H3/b12-9-,21-18-. The van der Waals surface area contributed by atoms with Crippen LogP contribution in [0.2, 0.25) is 0 Å². The highest BCUT2D eigenvalue weighted by Crippen LogP contribution is 2.16. The fourth-order valence-electron chi connectivity index (χ4n) is 7.78. The minimum absolute atomic E-state index is 0.0707. The van der Waals surface area contributed by atoms with E-state index in [2.05, 4.69) is 45.1 Å². The topological polar surface area (TPSA) is 78.9 Å². The number of esters is 3. The highest BCUT2D eigenvalue weighted by molar-refractivity contribution is 5.71. The molecule has 60 heavy (non-hydrogen) atoms. The van der Waals surface area contributed by atoms with Crippen molar-refractivity contribution in [1.29, 1.82) is 0 Å². The van der Waals surface area contributed by atoms with E-state index in [-0.39, 0.29) is 31.1 Å². The number of ether oxygens (including phenoxy) is 3. The van der Waals surface area contributed by atoms with Crippen LogP contribution in [0.1, 0.15) is 284 Å². The molecule has 0 N–H and O–H groups in total. The highest BCUT2D eigenvalue weighted by atomic mass is 16.6. The van der Waals surface area contributed by atoms with Crippen LogP contribution in [0.3, 0.4) is 0 Å². The van der Waals surface area contributed by atoms with E-state index in [1.807, 2.05) is 0 Å². The van der Waals surface area contributed by atoms with Gasteiger partial charge >= 0.3 is 17.9 Å². The first-order chi connectivity index (χ1) is 29.5. The summed E-state index contributed by atoms with van der Waals surface area (Å²) in [7, 11) is 0. The van der Waals surface area contributed by atoms with Crippen molar-refractivity contribution in [2.75, 3.05) is 13.2 Å². The van der Waals surface area contributed by atoms with Gasteiger partial charge in [0.15, 0.2) is 6.10 Å². The van der Waals surface area contributed by atoms with Crippen molar-refractivity contribution in [3.05, 3.63) is 24.3 Å². The maximum absolute atomic E-state index is 12.8. The molecule has 0 aromatic carbocycles. The number of allylic oxidation sites excluding steroid dienone is 4. The molecule has 1 unspecified atom stereocenters. The average Bonchev–Trinajstić information content (AvgIpc) is 3.24. The van der Waals surface area contributed by atoms with Gasteiger partial charge in [0.1, 0.15) is 13.2 Å². The molecule has 0 aromatic rings. The average molecular weight is 845 g/mol. The fraction of sp³-hybridized carbons (Fsp3) is 0.870. The third-order valence-corrected chi connectivity index (χ3v) is 11.7. The molecule has 0 saturated carbocycles. The van der Waals surface area contributed by atoms with E-state index in [0.29, 0.717) is 19.3 Å². The van der Waals surface area contributed by atoms with Gasteiger partial charge in [-0.05, 0) is 44.9 Å². The Morgan fingerprint density at radius 1 is 0.350 bits per heavy atom. The summed E-state index contributed by atoms with van der Waals surface area (Å²) in [4.78, 5) is 37.9. The summed E-state index contributed by atoms with van der Waals surface area (Å²) in [6, 6.07) is 0. The van der Waals surface area contributed by atoms with E-state index in [0.717, 1.165) is 83.5 Å². The van der Waals surface area contributed by atoms with Gasteiger partial charge in [0.25, 0.3) is 0 Å². The molecule has 0 fully saturated rings. The van der Waals surface area contributed by atoms with Gasteiger partial charge in [-0.25, -0.2) is 0 Å². The molecule has 0 spiro atoms. The summed E-state index contributed by atoms with van der Waals surface area (Å²) >= 11 is 0. The fourth-order valence-corrected chi connectivity index (χ4v) is 7.78. The van der Waals surface area contributed by atoms with Crippen LogP contribution in [0.4, 0.5) is 0 Å². The molecule has 6 nitrogen and oxygen atoms in total. The zero-order chi connectivity index (χ0) is 43.7. The van der Waals surface area contributed by atoms with Gasteiger partial charge in [0.2, 0.25) is 0 Å². The first-order valence-corrected chi connectivity index (χ1v) is 26.3. The molecule has 6 heteroatoms. The predicted octanol–water partition coefficient (Wildman–Crippen LogP) is 17.2. The summed E-state index contributed by atoms with van der Waals surface area (Å²) in [5, 5.41) is 0. The quantitative estimate of drug-likeness (QED) is 0.0263. The van der Waals surface area contributed by atoms with Crippen molar-refractivity contribution in [1.82, 2.24) is 0 Å². The van der Waals surface area contributed by atoms with E-state index >= 15 is 0 Å². The summed E-state index contributed by atoms with van der Waals surface area (Å²) in [5.74, 6) is -0.871. The van der Waals surface area contributed by atoms with Crippen LogP contribution in [0.25, 0.3) is 0 Å². The van der Waals surface area contributed by atoms with Crippen LogP contribution in [0.5, 0.6) is 0 Å². The molecule has 352 valence electrons. The van der Waals surface area contributed by atoms with E-state index in [4.69, 9.17) is 14.2 Å². The Balaban J connectivity index is 4.31. The van der Waals surface area contributed by atoms with Crippen molar-refractivity contribution in [2.24, 2.45) is 0 Å². The zero-order valence-electron chi connectivity index (χ0n) is 40.2. The number of carbonyl (C=O) groups excluding carboxylic acids is 3. The normalized spacial score (nSPS) is 12.1. The van der Waals surface area contributed by atoms with Crippen LogP contribution < -0.4 is 0 Å². The lowest BCUT2D eigenvalue weighted by molar-refractivity contribution is -0.167. The molecule has 0 radical (unpaired) electrons. The van der Waals surface area contributed by atoms with Gasteiger partial charge in [0.05, 0.1) is 0 Å². The molecular weight excluding hydrogens is 745 g/mol. The number of unbranched alkanes of at least 4 members (excludes halogenated alkanes) is 33. The third-order valence-electron chi connectivity index (χ3n) is 11.7. The van der Waals surface area contributed by atoms with Crippen molar-refractivity contribution in [3.8, 4) is 0 Å². The summed E-state index contributed by atoms with van der Waals surface area (Å²) < 4.78 is 16.8. The number of carbonyl (C=O) groups is 3. The highest BCUT2D eigenvalue weighted by Gasteiger charge is 2.19. The molecule has 0 rings (SSSR count). The lowest BCUT2D eigenvalue weighted by Gasteiger charge is -2.18. The first kappa shape index (κ1) is 57.9. The van der Waals surface area contributed by atoms with Crippen molar-refractivity contribution in [2.45, 2.75) is 290 Å². The molecule has 0 saturated heterocycles. The van der Waals surface area contributed by atoms with Gasteiger partial charge in [-0.2, -0.15) is 0 Å². The molecule has 0 aliphatic heterocycles. The zero-order valence-corrected chi connectivity index (χ0v) is 40.2. The Kier molecular flexibility index (Phi) is 47.8. The molecule has 0 bridgehead atoms. The van der Waals surface area contributed by atoms with Gasteiger partial charge in [0, 0.05) is 19.3 Å². The maximum atomic E-state index is 12.8. The van der Waals surface area contributed by atoms with E-state index in [1.54, 1.807) is 0 Å². The second-order valence-corrected chi connectivity index (χ2v) is 17.8. The Morgan fingerprint density at radius 2 is 0.650 bits per heavy atom. The van der Waals surface area contributed by atoms with Crippen LogP contribution >= 0.6 is 0 Å². The largest absolute Gasteiger partial charge is 0.462 e. The molecule has 0 aliphatic carbocycles. The molecule has 0 aliphatic rings. The first-order valence-electron chi connectivity index (χ1n) is 26.3. The van der Waals surface area contributed by atoms with Crippen molar-refractivity contribution in [3.63, 3.8) is 0 Å². The SMILES string of the molecule is CC/C=C\C/C=C\CCCCCCCC(=O)OCC(COC(=O)CCCCCCCCCCCCCCCCCCC)OC(=O)CCCCCCCCCCCCCCC. The summed E-state index contributed by atoms with van der Waals surface area (Å²) in [6.45, 7) is 6.55. The number of rotatable bonds is 48. The van der Waals surface area contributed by atoms with Gasteiger partial charge in [-0.1, -0.05) is 244 Å². The van der Waals surface area contributed by atoms with Gasteiger partial charge < -0.3 is 14.2 Å². The third kappa shape index (κ3) is 46.9. The predicted molar refractivity (Wildman–Crippen MR) is 256 cm³/mol. The van der Waals surface area contributed by atoms with Crippen LogP contribution in [0, 0.1) is 0 Å². The Labute approximate surface area is 373 Å². The second-order valence-electron chi connectivity index (χ2n) is 17.8. The smallest absolute Gasteiger partial charge is 0.306 e. The van der Waals surface area contributed by atoms with Crippen LogP contribution in [0.15, 0.2) is 24.3 Å². The van der Waals surface area contributed by atoms with Gasteiger partial charge in [-0.3, -0.25) is 14.4 Å². The minimum Gasteiger partial charge on any atom is -0.462 e. The van der Waals surface area contributed by atoms with Gasteiger partial charge in [-0.15, -0.1) is 0 Å². The Hall–Kier alpha value is -2.11. The Bertz CT molecular complexity index is 973. The van der Waals surface area contributed by atoms with E-state index in [1.165, 1.54) is 161 Å². The molecule has 0 amide bonds. The number of hydrogen-bond acceptors (Lipinski definition) is 6. The molecular formula is C54H100O6. The monoisotopic (exact) mass is 845 g/mol. The Morgan fingerprint density at radius 3 is 1.00 bits per heavy atom. The summed E-state index contributed by atoms with van der Waals surface area (Å²) in [5.41, 5.74) is 0. The lowest BCUT2D eigenvalue weighted by atomic mass is 10.0. The number of hydrogen-bond donors (Lipinski definition) is 0. The van der Waals surface area contributed by atoms with E-state index in [9.17, 15) is 14.4 Å². The van der Waals surface area contributed by atoms with Crippen molar-refractivity contribution < 1.29 is 28.6 Å². The molecule has 0 aromatic heterocycles. The molecule has 0 heterocycles. The van der Waals surface area contributed by atoms with Crippen molar-refractivity contribution >= 4 is 17.9 Å². The maximum Gasteiger partial charge on any atom is 0.306 e. The second kappa shape index (κ2) is 49.5. The van der Waals surface area contributed by atoms with E-state index < -0.39 is 6.10 Å².